The summed E-state index contributed by atoms with van der Waals surface area (Å²) in [5.74, 6) is 0.201. The molecule has 0 saturated carbocycles. The Morgan fingerprint density at radius 3 is 2.73 bits per heavy atom. The van der Waals surface area contributed by atoms with Crippen molar-refractivity contribution in [3.63, 3.8) is 0 Å². The molecular formula is C15H17Cl2N3O2. The number of benzene rings is 1. The van der Waals surface area contributed by atoms with E-state index in [0.717, 1.165) is 12.0 Å². The van der Waals surface area contributed by atoms with Gasteiger partial charge >= 0.3 is 0 Å². The molecule has 5 nitrogen and oxygen atoms in total. The van der Waals surface area contributed by atoms with Crippen LogP contribution in [0.1, 0.15) is 30.9 Å². The molecule has 2 aromatic rings. The summed E-state index contributed by atoms with van der Waals surface area (Å²) in [6, 6.07) is 5.53. The fourth-order valence-electron chi connectivity index (χ4n) is 2.72. The number of ether oxygens (including phenoxy) is 2. The molecule has 0 N–H and O–H groups in total. The quantitative estimate of drug-likeness (QED) is 0.831. The maximum absolute atomic E-state index is 6.31. The molecule has 0 spiro atoms. The second-order valence-corrected chi connectivity index (χ2v) is 6.20. The number of halogens is 2. The highest BCUT2D eigenvalue weighted by Gasteiger charge is 2.31. The Bertz CT molecular complexity index is 615. The van der Waals surface area contributed by atoms with E-state index in [1.165, 1.54) is 6.33 Å². The molecule has 0 bridgehead atoms. The van der Waals surface area contributed by atoms with Gasteiger partial charge in [0.15, 0.2) is 6.29 Å². The lowest BCUT2D eigenvalue weighted by Gasteiger charge is -2.25. The minimum absolute atomic E-state index is 0.0493. The first-order valence-electron chi connectivity index (χ1n) is 7.17. The van der Waals surface area contributed by atoms with Crippen LogP contribution in [-0.2, 0) is 9.47 Å². The van der Waals surface area contributed by atoms with Crippen molar-refractivity contribution < 1.29 is 9.47 Å². The number of hydrogen-bond acceptors (Lipinski definition) is 4. The molecule has 2 atom stereocenters. The predicted molar refractivity (Wildman–Crippen MR) is 84.2 cm³/mol. The third kappa shape index (κ3) is 3.43. The van der Waals surface area contributed by atoms with Crippen molar-refractivity contribution >= 4 is 23.2 Å². The van der Waals surface area contributed by atoms with Gasteiger partial charge in [-0.25, -0.2) is 9.67 Å². The summed E-state index contributed by atoms with van der Waals surface area (Å²) in [7, 11) is 0. The largest absolute Gasteiger partial charge is 0.348 e. The number of aromatic nitrogens is 3. The van der Waals surface area contributed by atoms with Crippen molar-refractivity contribution in [1.29, 1.82) is 0 Å². The van der Waals surface area contributed by atoms with Crippen molar-refractivity contribution in [2.75, 3.05) is 13.2 Å². The third-order valence-corrected chi connectivity index (χ3v) is 4.39. The van der Waals surface area contributed by atoms with E-state index in [1.54, 1.807) is 17.1 Å². The summed E-state index contributed by atoms with van der Waals surface area (Å²) in [5, 5.41) is 5.54. The highest BCUT2D eigenvalue weighted by Crippen LogP contribution is 2.34. The van der Waals surface area contributed by atoms with Crippen LogP contribution in [0.4, 0.5) is 0 Å². The van der Waals surface area contributed by atoms with Crippen LogP contribution in [-0.4, -0.2) is 34.3 Å². The molecule has 118 valence electrons. The van der Waals surface area contributed by atoms with Gasteiger partial charge in [0, 0.05) is 10.0 Å². The summed E-state index contributed by atoms with van der Waals surface area (Å²) in [4.78, 5) is 4.02. The van der Waals surface area contributed by atoms with Crippen LogP contribution < -0.4 is 0 Å². The van der Waals surface area contributed by atoms with Crippen molar-refractivity contribution in [2.24, 2.45) is 0 Å². The van der Waals surface area contributed by atoms with Gasteiger partial charge in [-0.2, -0.15) is 5.10 Å². The van der Waals surface area contributed by atoms with E-state index in [-0.39, 0.29) is 18.2 Å². The fourth-order valence-corrected chi connectivity index (χ4v) is 3.32. The number of hydrogen-bond donors (Lipinski definition) is 0. The Balaban J connectivity index is 1.80. The Morgan fingerprint density at radius 1 is 1.32 bits per heavy atom. The first-order valence-corrected chi connectivity index (χ1v) is 7.93. The van der Waals surface area contributed by atoms with E-state index >= 15 is 0 Å². The summed E-state index contributed by atoms with van der Waals surface area (Å²) >= 11 is 12.3. The van der Waals surface area contributed by atoms with Crippen LogP contribution in [0.5, 0.6) is 0 Å². The monoisotopic (exact) mass is 341 g/mol. The van der Waals surface area contributed by atoms with E-state index in [2.05, 4.69) is 17.0 Å². The molecule has 2 heterocycles. The molecule has 0 amide bonds. The normalized spacial score (nSPS) is 18.5. The lowest BCUT2D eigenvalue weighted by molar-refractivity contribution is -0.0841. The zero-order chi connectivity index (χ0) is 15.5. The lowest BCUT2D eigenvalue weighted by Crippen LogP contribution is -2.27. The Labute approximate surface area is 139 Å². The van der Waals surface area contributed by atoms with Gasteiger partial charge in [-0.15, -0.1) is 0 Å². The van der Waals surface area contributed by atoms with Crippen LogP contribution in [0.2, 0.25) is 10.0 Å². The summed E-state index contributed by atoms with van der Waals surface area (Å²) in [5.41, 5.74) is 1.05. The van der Waals surface area contributed by atoms with Gasteiger partial charge in [0.2, 0.25) is 0 Å². The minimum Gasteiger partial charge on any atom is -0.348 e. The van der Waals surface area contributed by atoms with Crippen molar-refractivity contribution in [1.82, 2.24) is 14.8 Å². The van der Waals surface area contributed by atoms with E-state index in [4.69, 9.17) is 32.7 Å². The molecular weight excluding hydrogens is 325 g/mol. The predicted octanol–water partition coefficient (Wildman–Crippen LogP) is 3.69. The molecule has 2 unspecified atom stereocenters. The van der Waals surface area contributed by atoms with Gasteiger partial charge in [-0.05, 0) is 30.0 Å². The van der Waals surface area contributed by atoms with E-state index in [1.807, 2.05) is 12.1 Å². The van der Waals surface area contributed by atoms with E-state index in [0.29, 0.717) is 23.3 Å². The SMILES string of the molecule is CC(CC(C1OCCO1)n1cncn1)c1ccc(Cl)cc1Cl. The van der Waals surface area contributed by atoms with Crippen molar-refractivity contribution in [3.8, 4) is 0 Å². The Kier molecular flexibility index (Phi) is 4.98. The summed E-state index contributed by atoms with van der Waals surface area (Å²) in [6.45, 7) is 3.33. The number of nitrogens with zero attached hydrogens (tertiary/aromatic N) is 3. The first-order chi connectivity index (χ1) is 10.6. The molecule has 1 aliphatic rings. The molecule has 7 heteroatoms. The summed E-state index contributed by atoms with van der Waals surface area (Å²) < 4.78 is 13.1. The van der Waals surface area contributed by atoms with Gasteiger partial charge in [-0.3, -0.25) is 0 Å². The van der Waals surface area contributed by atoms with Gasteiger partial charge in [0.1, 0.15) is 18.7 Å². The Morgan fingerprint density at radius 2 is 2.09 bits per heavy atom. The van der Waals surface area contributed by atoms with Gasteiger partial charge in [0.05, 0.1) is 13.2 Å². The average Bonchev–Trinajstić information content (AvgIpc) is 3.18. The second kappa shape index (κ2) is 6.96. The topological polar surface area (TPSA) is 49.2 Å². The highest BCUT2D eigenvalue weighted by atomic mass is 35.5. The molecule has 1 fully saturated rings. The van der Waals surface area contributed by atoms with Crippen LogP contribution in [0.25, 0.3) is 0 Å². The third-order valence-electron chi connectivity index (χ3n) is 3.83. The smallest absolute Gasteiger partial charge is 0.180 e. The van der Waals surface area contributed by atoms with Gasteiger partial charge in [0.25, 0.3) is 0 Å². The molecule has 3 rings (SSSR count). The zero-order valence-corrected chi connectivity index (χ0v) is 13.7. The molecule has 1 aliphatic heterocycles. The average molecular weight is 342 g/mol. The van der Waals surface area contributed by atoms with Crippen LogP contribution in [0.15, 0.2) is 30.9 Å². The standard InChI is InChI=1S/C15H17Cl2N3O2/c1-10(12-3-2-11(16)7-13(12)17)6-14(15-21-4-5-22-15)20-9-18-8-19-20/h2-3,7-10,14-15H,4-6H2,1H3. The fraction of sp³-hybridized carbons (Fsp3) is 0.467. The van der Waals surface area contributed by atoms with Crippen molar-refractivity contribution in [2.45, 2.75) is 31.6 Å². The second-order valence-electron chi connectivity index (χ2n) is 5.36. The number of rotatable bonds is 5. The van der Waals surface area contributed by atoms with Crippen LogP contribution in [0.3, 0.4) is 0 Å². The maximum Gasteiger partial charge on any atom is 0.180 e. The first kappa shape index (κ1) is 15.7. The van der Waals surface area contributed by atoms with Crippen LogP contribution >= 0.6 is 23.2 Å². The van der Waals surface area contributed by atoms with Gasteiger partial charge < -0.3 is 9.47 Å². The maximum atomic E-state index is 6.31. The Hall–Kier alpha value is -1.14. The molecule has 1 aromatic heterocycles. The van der Waals surface area contributed by atoms with E-state index < -0.39 is 0 Å². The van der Waals surface area contributed by atoms with E-state index in [9.17, 15) is 0 Å². The highest BCUT2D eigenvalue weighted by molar-refractivity contribution is 6.35. The van der Waals surface area contributed by atoms with Crippen LogP contribution in [0, 0.1) is 0 Å². The molecule has 0 radical (unpaired) electrons. The van der Waals surface area contributed by atoms with Gasteiger partial charge in [-0.1, -0.05) is 36.2 Å². The molecule has 22 heavy (non-hydrogen) atoms. The molecule has 1 aromatic carbocycles. The summed E-state index contributed by atoms with van der Waals surface area (Å²) in [6.07, 6.45) is 3.67. The zero-order valence-electron chi connectivity index (χ0n) is 12.2. The van der Waals surface area contributed by atoms with Crippen molar-refractivity contribution in [3.05, 3.63) is 46.5 Å². The minimum atomic E-state index is -0.310. The molecule has 0 aliphatic carbocycles. The lowest BCUT2D eigenvalue weighted by atomic mass is 9.93. The molecule has 1 saturated heterocycles.